The summed E-state index contributed by atoms with van der Waals surface area (Å²) in [6, 6.07) is 13.6. The molecule has 0 unspecified atom stereocenters. The van der Waals surface area contributed by atoms with E-state index in [0.29, 0.717) is 60.1 Å². The van der Waals surface area contributed by atoms with Gasteiger partial charge in [-0.15, -0.1) is 11.3 Å². The number of hydrogen-bond donors (Lipinski definition) is 0. The number of piperidine rings is 1. The molecule has 182 valence electrons. The van der Waals surface area contributed by atoms with Gasteiger partial charge in [0.1, 0.15) is 22.5 Å². The molecule has 1 aliphatic rings. The summed E-state index contributed by atoms with van der Waals surface area (Å²) in [5.74, 6) is 0.175. The Morgan fingerprint density at radius 3 is 2.72 bits per heavy atom. The van der Waals surface area contributed by atoms with Crippen molar-refractivity contribution in [2.45, 2.75) is 26.7 Å². The molecular formula is C27H25N5O3S. The monoisotopic (exact) mass is 499 g/mol. The van der Waals surface area contributed by atoms with Gasteiger partial charge in [-0.1, -0.05) is 18.2 Å². The lowest BCUT2D eigenvalue weighted by molar-refractivity contribution is -0.148. The van der Waals surface area contributed by atoms with Crippen LogP contribution in [-0.4, -0.2) is 40.0 Å². The van der Waals surface area contributed by atoms with E-state index in [9.17, 15) is 14.9 Å². The van der Waals surface area contributed by atoms with Gasteiger partial charge in [0.15, 0.2) is 0 Å². The smallest absolute Gasteiger partial charge is 0.309 e. The molecule has 9 heteroatoms. The second-order valence-corrected chi connectivity index (χ2v) is 9.74. The normalized spacial score (nSPS) is 14.8. The Kier molecular flexibility index (Phi) is 6.53. The number of pyridine rings is 1. The minimum atomic E-state index is -0.250. The Bertz CT molecular complexity index is 1560. The summed E-state index contributed by atoms with van der Waals surface area (Å²) in [6.07, 6.45) is 4.52. The number of thiazole rings is 1. The second kappa shape index (κ2) is 9.91. The zero-order chi connectivity index (χ0) is 25.2. The van der Waals surface area contributed by atoms with Crippen LogP contribution in [0, 0.1) is 24.2 Å². The molecule has 0 radical (unpaired) electrons. The van der Waals surface area contributed by atoms with Crippen LogP contribution in [0.4, 0.5) is 5.82 Å². The number of para-hydroxylation sites is 1. The molecule has 0 saturated carbocycles. The zero-order valence-corrected chi connectivity index (χ0v) is 20.9. The maximum Gasteiger partial charge on any atom is 0.309 e. The van der Waals surface area contributed by atoms with Crippen LogP contribution in [0.3, 0.4) is 0 Å². The maximum atomic E-state index is 13.7. The third kappa shape index (κ3) is 4.36. The summed E-state index contributed by atoms with van der Waals surface area (Å²) in [5, 5.41) is 10.6. The number of carbonyl (C=O) groups is 1. The Hall–Kier alpha value is -4.03. The predicted molar refractivity (Wildman–Crippen MR) is 141 cm³/mol. The number of benzene rings is 1. The first-order valence-electron chi connectivity index (χ1n) is 11.9. The largest absolute Gasteiger partial charge is 0.466 e. The number of carbonyl (C=O) groups excluding carboxylic acids is 1. The average molecular weight is 500 g/mol. The molecule has 1 aliphatic heterocycles. The lowest BCUT2D eigenvalue weighted by atomic mass is 9.96. The van der Waals surface area contributed by atoms with Gasteiger partial charge in [-0.3, -0.25) is 14.0 Å². The molecule has 0 bridgehead atoms. The van der Waals surface area contributed by atoms with Gasteiger partial charge in [0.05, 0.1) is 33.9 Å². The highest BCUT2D eigenvalue weighted by atomic mass is 32.1. The Labute approximate surface area is 212 Å². The Balaban J connectivity index is 1.61. The molecule has 8 nitrogen and oxygen atoms in total. The van der Waals surface area contributed by atoms with Crippen LogP contribution in [0.2, 0.25) is 0 Å². The van der Waals surface area contributed by atoms with Gasteiger partial charge in [-0.2, -0.15) is 5.26 Å². The van der Waals surface area contributed by atoms with Gasteiger partial charge in [0.2, 0.25) is 0 Å². The van der Waals surface area contributed by atoms with Crippen LogP contribution in [0.1, 0.15) is 35.9 Å². The van der Waals surface area contributed by atoms with Crippen molar-refractivity contribution in [1.82, 2.24) is 14.4 Å². The molecule has 0 spiro atoms. The van der Waals surface area contributed by atoms with Crippen molar-refractivity contribution in [2.75, 3.05) is 24.6 Å². The van der Waals surface area contributed by atoms with Crippen molar-refractivity contribution in [3.8, 4) is 6.07 Å². The van der Waals surface area contributed by atoms with Crippen LogP contribution in [0.25, 0.3) is 27.5 Å². The second-order valence-electron chi connectivity index (χ2n) is 8.71. The van der Waals surface area contributed by atoms with E-state index in [0.717, 1.165) is 15.8 Å². The van der Waals surface area contributed by atoms with E-state index in [4.69, 9.17) is 9.72 Å². The number of allylic oxidation sites excluding steroid dienone is 1. The third-order valence-electron chi connectivity index (χ3n) is 6.41. The topological polar surface area (TPSA) is 101 Å². The summed E-state index contributed by atoms with van der Waals surface area (Å²) in [7, 11) is 0. The zero-order valence-electron chi connectivity index (χ0n) is 20.1. The van der Waals surface area contributed by atoms with Gasteiger partial charge in [-0.05, 0) is 56.5 Å². The highest BCUT2D eigenvalue weighted by Crippen LogP contribution is 2.31. The van der Waals surface area contributed by atoms with Gasteiger partial charge in [-0.25, -0.2) is 9.97 Å². The first-order valence-corrected chi connectivity index (χ1v) is 12.7. The summed E-state index contributed by atoms with van der Waals surface area (Å²) >= 11 is 1.41. The highest BCUT2D eigenvalue weighted by Gasteiger charge is 2.29. The summed E-state index contributed by atoms with van der Waals surface area (Å²) in [5.41, 5.74) is 2.65. The lowest BCUT2D eigenvalue weighted by Crippen LogP contribution is -2.39. The van der Waals surface area contributed by atoms with E-state index in [1.807, 2.05) is 48.2 Å². The van der Waals surface area contributed by atoms with Crippen LogP contribution in [-0.2, 0) is 9.53 Å². The number of aryl methyl sites for hydroxylation is 1. The first-order chi connectivity index (χ1) is 17.5. The number of nitriles is 1. The molecule has 3 aromatic heterocycles. The van der Waals surface area contributed by atoms with E-state index >= 15 is 0 Å². The number of esters is 1. The number of nitrogens with zero attached hydrogens (tertiary/aromatic N) is 5. The van der Waals surface area contributed by atoms with E-state index < -0.39 is 0 Å². The van der Waals surface area contributed by atoms with Gasteiger partial charge in [0, 0.05) is 19.3 Å². The van der Waals surface area contributed by atoms with Gasteiger partial charge >= 0.3 is 5.97 Å². The van der Waals surface area contributed by atoms with Crippen molar-refractivity contribution >= 4 is 50.6 Å². The average Bonchev–Trinajstić information content (AvgIpc) is 3.33. The number of hydrogen-bond acceptors (Lipinski definition) is 8. The summed E-state index contributed by atoms with van der Waals surface area (Å²) < 4.78 is 7.69. The molecular weight excluding hydrogens is 474 g/mol. The van der Waals surface area contributed by atoms with E-state index in [1.165, 1.54) is 15.7 Å². The Morgan fingerprint density at radius 1 is 1.22 bits per heavy atom. The van der Waals surface area contributed by atoms with Crippen molar-refractivity contribution in [2.24, 2.45) is 5.92 Å². The minimum Gasteiger partial charge on any atom is -0.466 e. The quantitative estimate of drug-likeness (QED) is 0.295. The van der Waals surface area contributed by atoms with Crippen LogP contribution < -0.4 is 10.5 Å². The van der Waals surface area contributed by atoms with Crippen molar-refractivity contribution < 1.29 is 9.53 Å². The minimum absolute atomic E-state index is 0.166. The van der Waals surface area contributed by atoms with Crippen molar-refractivity contribution in [3.05, 3.63) is 69.1 Å². The number of rotatable bonds is 5. The van der Waals surface area contributed by atoms with Gasteiger partial charge < -0.3 is 9.64 Å². The molecule has 1 saturated heterocycles. The fourth-order valence-electron chi connectivity index (χ4n) is 4.53. The molecule has 0 amide bonds. The van der Waals surface area contributed by atoms with E-state index in [-0.39, 0.29) is 17.4 Å². The number of aromatic nitrogens is 3. The molecule has 0 aliphatic carbocycles. The SMILES string of the molecule is CCOC(=O)C1CCN(c2nc3c(C)cccn3c(=O)c2/C=C(\C#N)c2nc3ccccc3s2)CC1. The molecule has 1 aromatic carbocycles. The summed E-state index contributed by atoms with van der Waals surface area (Å²) in [6.45, 7) is 5.19. The van der Waals surface area contributed by atoms with Crippen LogP contribution in [0.15, 0.2) is 47.4 Å². The van der Waals surface area contributed by atoms with Crippen LogP contribution in [0.5, 0.6) is 0 Å². The van der Waals surface area contributed by atoms with Gasteiger partial charge in [0.25, 0.3) is 5.56 Å². The highest BCUT2D eigenvalue weighted by molar-refractivity contribution is 7.19. The number of ether oxygens (including phenoxy) is 1. The maximum absolute atomic E-state index is 13.7. The Morgan fingerprint density at radius 2 is 2.00 bits per heavy atom. The van der Waals surface area contributed by atoms with E-state index in [2.05, 4.69) is 11.1 Å². The van der Waals surface area contributed by atoms with E-state index in [1.54, 1.807) is 19.2 Å². The predicted octanol–water partition coefficient (Wildman–Crippen LogP) is 4.46. The summed E-state index contributed by atoms with van der Waals surface area (Å²) in [4.78, 5) is 37.5. The standard InChI is InChI=1S/C27H25N5O3S/c1-3-35-27(34)18-10-13-31(14-11-18)24-20(26(33)32-12-6-7-17(2)23(32)30-24)15-19(16-28)25-29-21-8-4-5-9-22(21)36-25/h4-9,12,15,18H,3,10-11,13-14H2,1-2H3/b19-15+. The fourth-order valence-corrected chi connectivity index (χ4v) is 5.46. The molecule has 4 aromatic rings. The molecule has 4 heterocycles. The molecule has 0 atom stereocenters. The fraction of sp³-hybridized carbons (Fsp3) is 0.296. The number of anilines is 1. The molecule has 1 fully saturated rings. The first kappa shape index (κ1) is 23.7. The molecule has 0 N–H and O–H groups in total. The lowest BCUT2D eigenvalue weighted by Gasteiger charge is -2.32. The number of fused-ring (bicyclic) bond motifs is 2. The third-order valence-corrected chi connectivity index (χ3v) is 7.48. The molecule has 5 rings (SSSR count). The van der Waals surface area contributed by atoms with Crippen LogP contribution >= 0.6 is 11.3 Å². The van der Waals surface area contributed by atoms with Crippen molar-refractivity contribution in [3.63, 3.8) is 0 Å². The molecule has 36 heavy (non-hydrogen) atoms. The van der Waals surface area contributed by atoms with Crippen molar-refractivity contribution in [1.29, 1.82) is 5.26 Å².